The van der Waals surface area contributed by atoms with Crippen LogP contribution in [-0.4, -0.2) is 4.98 Å². The highest BCUT2D eigenvalue weighted by Gasteiger charge is 2.08. The Morgan fingerprint density at radius 3 is 3.06 bits per heavy atom. The normalized spacial score (nSPS) is 14.9. The van der Waals surface area contributed by atoms with Crippen molar-refractivity contribution in [3.63, 3.8) is 0 Å². The van der Waals surface area contributed by atoms with Crippen molar-refractivity contribution in [1.29, 1.82) is 0 Å². The summed E-state index contributed by atoms with van der Waals surface area (Å²) in [6.45, 7) is 2.01. The Labute approximate surface area is 109 Å². The van der Waals surface area contributed by atoms with Crippen LogP contribution in [0.2, 0.25) is 0 Å². The average Bonchev–Trinajstić information content (AvgIpc) is 2.50. The molecular weight excluding hydrogens is 280 g/mol. The molecule has 1 aromatic rings. The van der Waals surface area contributed by atoms with Gasteiger partial charge in [0.15, 0.2) is 0 Å². The lowest BCUT2D eigenvalue weighted by Gasteiger charge is -2.10. The highest BCUT2D eigenvalue weighted by atomic mass is 79.9. The average molecular weight is 293 g/mol. The number of rotatable bonds is 2. The summed E-state index contributed by atoms with van der Waals surface area (Å²) in [5.74, 6) is 1.20. The van der Waals surface area contributed by atoms with Crippen molar-refractivity contribution >= 4 is 21.6 Å². The van der Waals surface area contributed by atoms with Gasteiger partial charge in [0.25, 0.3) is 0 Å². The third-order valence-electron chi connectivity index (χ3n) is 2.39. The summed E-state index contributed by atoms with van der Waals surface area (Å²) in [7, 11) is 0. The molecule has 0 unspecified atom stereocenters. The van der Waals surface area contributed by atoms with E-state index in [4.69, 9.17) is 10.5 Å². The second-order valence-corrected chi connectivity index (χ2v) is 4.52. The largest absolute Gasteiger partial charge is 0.437 e. The van der Waals surface area contributed by atoms with Gasteiger partial charge in [-0.2, -0.15) is 0 Å². The molecule has 2 rings (SSSR count). The third-order valence-corrected chi connectivity index (χ3v) is 2.84. The van der Waals surface area contributed by atoms with Crippen LogP contribution >= 0.6 is 15.9 Å². The molecule has 1 heterocycles. The zero-order valence-corrected chi connectivity index (χ0v) is 11.1. The molecule has 17 heavy (non-hydrogen) atoms. The van der Waals surface area contributed by atoms with Crippen LogP contribution in [0.3, 0.4) is 0 Å². The van der Waals surface area contributed by atoms with Gasteiger partial charge in [0.2, 0.25) is 5.88 Å². The molecule has 0 amide bonds. The Morgan fingerprint density at radius 1 is 1.41 bits per heavy atom. The predicted molar refractivity (Wildman–Crippen MR) is 72.6 cm³/mol. The second-order valence-electron chi connectivity index (χ2n) is 3.71. The molecule has 0 fully saturated rings. The maximum absolute atomic E-state index is 5.82. The van der Waals surface area contributed by atoms with Crippen LogP contribution in [0.15, 0.2) is 52.4 Å². The number of nitrogens with zero attached hydrogens (tertiary/aromatic N) is 1. The maximum atomic E-state index is 5.82. The number of anilines is 1. The summed E-state index contributed by atoms with van der Waals surface area (Å²) < 4.78 is 6.44. The summed E-state index contributed by atoms with van der Waals surface area (Å²) in [6.07, 6.45) is 8.97. The SMILES string of the molecule is CC1=CCC=CC=C1Oc1nc(Br)ccc1N. The molecule has 1 aliphatic carbocycles. The van der Waals surface area contributed by atoms with Crippen LogP contribution in [-0.2, 0) is 0 Å². The first-order chi connectivity index (χ1) is 8.16. The van der Waals surface area contributed by atoms with E-state index in [1.807, 2.05) is 19.1 Å². The van der Waals surface area contributed by atoms with Crippen LogP contribution in [0.5, 0.6) is 5.88 Å². The van der Waals surface area contributed by atoms with Crippen molar-refractivity contribution < 1.29 is 4.74 Å². The number of nitrogens with two attached hydrogens (primary N) is 1. The van der Waals surface area contributed by atoms with E-state index in [9.17, 15) is 0 Å². The van der Waals surface area contributed by atoms with E-state index in [-0.39, 0.29) is 0 Å². The molecule has 0 aliphatic heterocycles. The molecule has 0 saturated heterocycles. The minimum Gasteiger partial charge on any atom is -0.437 e. The molecule has 4 heteroatoms. The quantitative estimate of drug-likeness (QED) is 0.848. The second kappa shape index (κ2) is 5.19. The molecular formula is C13H13BrN2O. The first-order valence-electron chi connectivity index (χ1n) is 5.30. The molecule has 0 saturated carbocycles. The number of halogens is 1. The van der Waals surface area contributed by atoms with E-state index >= 15 is 0 Å². The van der Waals surface area contributed by atoms with Crippen molar-refractivity contribution in [3.05, 3.63) is 52.4 Å². The number of hydrogen-bond donors (Lipinski definition) is 1. The first kappa shape index (κ1) is 11.9. The lowest BCUT2D eigenvalue weighted by atomic mass is 10.2. The summed E-state index contributed by atoms with van der Waals surface area (Å²) in [4.78, 5) is 4.21. The van der Waals surface area contributed by atoms with Gasteiger partial charge in [0.1, 0.15) is 10.4 Å². The molecule has 1 aliphatic rings. The number of allylic oxidation sites excluding steroid dienone is 5. The Morgan fingerprint density at radius 2 is 2.24 bits per heavy atom. The van der Waals surface area contributed by atoms with Crippen molar-refractivity contribution in [2.75, 3.05) is 5.73 Å². The standard InChI is InChI=1S/C13H13BrN2O/c1-9-5-3-2-4-6-11(9)17-13-10(15)7-8-12(14)16-13/h2,4-8H,3,15H2,1H3. The van der Waals surface area contributed by atoms with Crippen LogP contribution in [0.1, 0.15) is 13.3 Å². The lowest BCUT2D eigenvalue weighted by molar-refractivity contribution is 0.420. The fraction of sp³-hybridized carbons (Fsp3) is 0.154. The van der Waals surface area contributed by atoms with Gasteiger partial charge in [0, 0.05) is 0 Å². The molecule has 0 radical (unpaired) electrons. The van der Waals surface area contributed by atoms with Gasteiger partial charge in [-0.25, -0.2) is 4.98 Å². The third kappa shape index (κ3) is 2.97. The fourth-order valence-corrected chi connectivity index (χ4v) is 1.73. The van der Waals surface area contributed by atoms with Gasteiger partial charge in [-0.3, -0.25) is 0 Å². The van der Waals surface area contributed by atoms with Crippen molar-refractivity contribution in [3.8, 4) is 5.88 Å². The fourth-order valence-electron chi connectivity index (χ4n) is 1.44. The van der Waals surface area contributed by atoms with Gasteiger partial charge in [-0.1, -0.05) is 18.2 Å². The summed E-state index contributed by atoms with van der Waals surface area (Å²) in [5, 5.41) is 0. The highest BCUT2D eigenvalue weighted by molar-refractivity contribution is 9.10. The van der Waals surface area contributed by atoms with E-state index in [1.165, 1.54) is 0 Å². The van der Waals surface area contributed by atoms with E-state index in [0.29, 0.717) is 16.2 Å². The number of pyridine rings is 1. The zero-order chi connectivity index (χ0) is 12.3. The summed E-state index contributed by atoms with van der Waals surface area (Å²) >= 11 is 3.30. The summed E-state index contributed by atoms with van der Waals surface area (Å²) in [5.41, 5.74) is 7.42. The number of nitrogen functional groups attached to an aromatic ring is 1. The van der Waals surface area contributed by atoms with Crippen LogP contribution in [0, 0.1) is 0 Å². The monoisotopic (exact) mass is 292 g/mol. The Kier molecular flexibility index (Phi) is 3.64. The van der Waals surface area contributed by atoms with E-state index in [2.05, 4.69) is 33.1 Å². The molecule has 0 bridgehead atoms. The van der Waals surface area contributed by atoms with Gasteiger partial charge >= 0.3 is 0 Å². The van der Waals surface area contributed by atoms with Crippen molar-refractivity contribution in [2.24, 2.45) is 0 Å². The minimum atomic E-state index is 0.425. The molecule has 0 aromatic carbocycles. The smallest absolute Gasteiger partial charge is 0.243 e. The Balaban J connectivity index is 2.28. The van der Waals surface area contributed by atoms with Gasteiger partial charge in [-0.05, 0) is 53.1 Å². The van der Waals surface area contributed by atoms with Crippen molar-refractivity contribution in [1.82, 2.24) is 4.98 Å². The topological polar surface area (TPSA) is 48.1 Å². The molecule has 3 nitrogen and oxygen atoms in total. The van der Waals surface area contributed by atoms with E-state index < -0.39 is 0 Å². The molecule has 1 aromatic heterocycles. The van der Waals surface area contributed by atoms with Crippen LogP contribution in [0.25, 0.3) is 0 Å². The molecule has 0 atom stereocenters. The molecule has 2 N–H and O–H groups in total. The number of aromatic nitrogens is 1. The van der Waals surface area contributed by atoms with E-state index in [1.54, 1.807) is 12.1 Å². The van der Waals surface area contributed by atoms with Gasteiger partial charge in [0.05, 0.1) is 5.69 Å². The lowest BCUT2D eigenvalue weighted by Crippen LogP contribution is -2.01. The Hall–Kier alpha value is -1.55. The first-order valence-corrected chi connectivity index (χ1v) is 6.10. The molecule has 88 valence electrons. The van der Waals surface area contributed by atoms with E-state index in [0.717, 1.165) is 17.8 Å². The van der Waals surface area contributed by atoms with Crippen LogP contribution in [0.4, 0.5) is 5.69 Å². The predicted octanol–water partition coefficient (Wildman–Crippen LogP) is 3.60. The van der Waals surface area contributed by atoms with Crippen LogP contribution < -0.4 is 10.5 Å². The van der Waals surface area contributed by atoms with Gasteiger partial charge in [-0.15, -0.1) is 0 Å². The zero-order valence-electron chi connectivity index (χ0n) is 9.48. The highest BCUT2D eigenvalue weighted by Crippen LogP contribution is 2.25. The number of ether oxygens (including phenoxy) is 1. The Bertz CT molecular complexity index is 518. The van der Waals surface area contributed by atoms with Crippen molar-refractivity contribution in [2.45, 2.75) is 13.3 Å². The maximum Gasteiger partial charge on any atom is 0.243 e. The van der Waals surface area contributed by atoms with Gasteiger partial charge < -0.3 is 10.5 Å². The minimum absolute atomic E-state index is 0.425. The summed E-state index contributed by atoms with van der Waals surface area (Å²) in [6, 6.07) is 3.55. The number of hydrogen-bond acceptors (Lipinski definition) is 3. The molecule has 0 spiro atoms.